The molecule has 19 heavy (non-hydrogen) atoms. The molecule has 0 bridgehead atoms. The molecule has 0 radical (unpaired) electrons. The Hall–Kier alpha value is -0.960. The van der Waals surface area contributed by atoms with E-state index in [1.54, 1.807) is 6.92 Å². The number of benzene rings is 1. The van der Waals surface area contributed by atoms with Crippen molar-refractivity contribution in [2.75, 3.05) is 13.3 Å². The molecule has 0 saturated carbocycles. The summed E-state index contributed by atoms with van der Waals surface area (Å²) >= 11 is 0. The number of Topliss-reactive ketones (excluding diaryl/α,β-unsaturated/α-hetero) is 1. The summed E-state index contributed by atoms with van der Waals surface area (Å²) in [5.74, 6) is -0.417. The van der Waals surface area contributed by atoms with Gasteiger partial charge in [0.25, 0.3) is 0 Å². The van der Waals surface area contributed by atoms with Gasteiger partial charge in [-0.3, -0.25) is 9.36 Å². The summed E-state index contributed by atoms with van der Waals surface area (Å²) in [6, 6.07) is 10.1. The Balaban J connectivity index is 2.33. The molecule has 106 valence electrons. The quantitative estimate of drug-likeness (QED) is 0.745. The molecule has 0 fully saturated rings. The Bertz CT molecular complexity index is 444. The Morgan fingerprint density at radius 1 is 1.37 bits per heavy atom. The third kappa shape index (κ3) is 6.15. The van der Waals surface area contributed by atoms with Crippen molar-refractivity contribution in [2.45, 2.75) is 26.2 Å². The van der Waals surface area contributed by atoms with E-state index in [-0.39, 0.29) is 11.7 Å². The van der Waals surface area contributed by atoms with Crippen molar-refractivity contribution in [2.24, 2.45) is 5.92 Å². The summed E-state index contributed by atoms with van der Waals surface area (Å²) in [5, 5.41) is 0. The first-order valence-corrected chi connectivity index (χ1v) is 8.15. The van der Waals surface area contributed by atoms with Crippen molar-refractivity contribution < 1.29 is 18.8 Å². The SMILES string of the molecule is COP(=O)(O)CC(=O)C(C)CCCc1ccccc1. The Morgan fingerprint density at radius 2 is 2.00 bits per heavy atom. The van der Waals surface area contributed by atoms with Crippen molar-refractivity contribution in [1.29, 1.82) is 0 Å². The van der Waals surface area contributed by atoms with Crippen LogP contribution in [0.15, 0.2) is 30.3 Å². The van der Waals surface area contributed by atoms with Gasteiger partial charge in [-0.15, -0.1) is 0 Å². The van der Waals surface area contributed by atoms with Gasteiger partial charge in [0.15, 0.2) is 0 Å². The highest BCUT2D eigenvalue weighted by molar-refractivity contribution is 7.53. The molecule has 0 aliphatic heterocycles. The fraction of sp³-hybridized carbons (Fsp3) is 0.500. The minimum Gasteiger partial charge on any atom is -0.324 e. The van der Waals surface area contributed by atoms with Gasteiger partial charge in [-0.05, 0) is 24.8 Å². The van der Waals surface area contributed by atoms with Crippen molar-refractivity contribution in [3.05, 3.63) is 35.9 Å². The van der Waals surface area contributed by atoms with E-state index in [2.05, 4.69) is 16.7 Å². The summed E-state index contributed by atoms with van der Waals surface area (Å²) < 4.78 is 15.7. The number of aryl methyl sites for hydroxylation is 1. The zero-order chi connectivity index (χ0) is 14.3. The third-order valence-electron chi connectivity index (χ3n) is 3.14. The van der Waals surface area contributed by atoms with Crippen LogP contribution in [0.5, 0.6) is 0 Å². The zero-order valence-electron chi connectivity index (χ0n) is 11.4. The van der Waals surface area contributed by atoms with E-state index in [1.165, 1.54) is 5.56 Å². The molecular formula is C14H21O4P. The number of hydrogen-bond donors (Lipinski definition) is 1. The molecule has 1 rings (SSSR count). The van der Waals surface area contributed by atoms with Gasteiger partial charge in [0.2, 0.25) is 0 Å². The molecule has 1 aromatic rings. The average molecular weight is 284 g/mol. The molecular weight excluding hydrogens is 263 g/mol. The molecule has 1 N–H and O–H groups in total. The number of rotatable bonds is 8. The highest BCUT2D eigenvalue weighted by atomic mass is 31.2. The van der Waals surface area contributed by atoms with Gasteiger partial charge in [0, 0.05) is 13.0 Å². The molecule has 0 aliphatic carbocycles. The summed E-state index contributed by atoms with van der Waals surface area (Å²) in [7, 11) is -2.58. The maximum atomic E-state index is 11.7. The second kappa shape index (κ2) is 7.59. The van der Waals surface area contributed by atoms with Gasteiger partial charge < -0.3 is 9.42 Å². The fourth-order valence-electron chi connectivity index (χ4n) is 1.84. The van der Waals surface area contributed by atoms with Gasteiger partial charge in [0.05, 0.1) is 0 Å². The van der Waals surface area contributed by atoms with Gasteiger partial charge in [-0.1, -0.05) is 37.3 Å². The first-order valence-electron chi connectivity index (χ1n) is 6.39. The minimum absolute atomic E-state index is 0.208. The lowest BCUT2D eigenvalue weighted by molar-refractivity contribution is -0.120. The van der Waals surface area contributed by atoms with E-state index in [9.17, 15) is 14.3 Å². The predicted octanol–water partition coefficient (Wildman–Crippen LogP) is 3.05. The van der Waals surface area contributed by atoms with Crippen molar-refractivity contribution in [3.63, 3.8) is 0 Å². The van der Waals surface area contributed by atoms with Crippen LogP contribution in [0.4, 0.5) is 0 Å². The van der Waals surface area contributed by atoms with Crippen LogP contribution in [0.25, 0.3) is 0 Å². The maximum Gasteiger partial charge on any atom is 0.335 e. The van der Waals surface area contributed by atoms with Gasteiger partial charge in [0.1, 0.15) is 11.9 Å². The first-order chi connectivity index (χ1) is 8.94. The highest BCUT2D eigenvalue weighted by Crippen LogP contribution is 2.41. The van der Waals surface area contributed by atoms with Crippen LogP contribution in [0.1, 0.15) is 25.3 Å². The van der Waals surface area contributed by atoms with E-state index in [4.69, 9.17) is 0 Å². The standard InChI is InChI=1S/C14H21O4P/c1-12(14(15)11-19(16,17)18-2)7-6-10-13-8-4-3-5-9-13/h3-5,8-9,12H,6-7,10-11H2,1-2H3,(H,16,17). The lowest BCUT2D eigenvalue weighted by Gasteiger charge is -2.13. The van der Waals surface area contributed by atoms with Crippen LogP contribution in [0, 0.1) is 5.92 Å². The molecule has 2 unspecified atom stereocenters. The topological polar surface area (TPSA) is 63.6 Å². The summed E-state index contributed by atoms with van der Waals surface area (Å²) in [5.41, 5.74) is 1.24. The molecule has 0 aromatic heterocycles. The second-order valence-corrected chi connectivity index (χ2v) is 6.68. The van der Waals surface area contributed by atoms with E-state index in [0.717, 1.165) is 26.4 Å². The molecule has 0 saturated heterocycles. The van der Waals surface area contributed by atoms with Crippen LogP contribution >= 0.6 is 7.60 Å². The third-order valence-corrected chi connectivity index (χ3v) is 4.42. The molecule has 5 heteroatoms. The lowest BCUT2D eigenvalue weighted by atomic mass is 9.98. The lowest BCUT2D eigenvalue weighted by Crippen LogP contribution is -2.16. The number of carbonyl (C=O) groups is 1. The fourth-order valence-corrected chi connectivity index (χ4v) is 2.67. The Labute approximate surface area is 114 Å². The van der Waals surface area contributed by atoms with Gasteiger partial charge >= 0.3 is 7.60 Å². The molecule has 0 heterocycles. The van der Waals surface area contributed by atoms with Crippen LogP contribution < -0.4 is 0 Å². The first kappa shape index (κ1) is 16.1. The normalized spacial score (nSPS) is 15.7. The molecule has 1 aromatic carbocycles. The molecule has 0 aliphatic rings. The molecule has 4 nitrogen and oxygen atoms in total. The number of hydrogen-bond acceptors (Lipinski definition) is 3. The Morgan fingerprint density at radius 3 is 2.58 bits per heavy atom. The van der Waals surface area contributed by atoms with Crippen LogP contribution in [0.2, 0.25) is 0 Å². The summed E-state index contributed by atoms with van der Waals surface area (Å²) in [6.07, 6.45) is 2.13. The number of ketones is 1. The van der Waals surface area contributed by atoms with Gasteiger partial charge in [-0.2, -0.15) is 0 Å². The molecule has 0 amide bonds. The Kier molecular flexibility index (Phi) is 6.43. The average Bonchev–Trinajstić information content (AvgIpc) is 2.39. The molecule has 2 atom stereocenters. The smallest absolute Gasteiger partial charge is 0.324 e. The van der Waals surface area contributed by atoms with Gasteiger partial charge in [-0.25, -0.2) is 0 Å². The van der Waals surface area contributed by atoms with Crippen molar-refractivity contribution >= 4 is 13.4 Å². The monoisotopic (exact) mass is 284 g/mol. The van der Waals surface area contributed by atoms with E-state index in [0.29, 0.717) is 0 Å². The van der Waals surface area contributed by atoms with Crippen molar-refractivity contribution in [3.8, 4) is 0 Å². The summed E-state index contributed by atoms with van der Waals surface area (Å²) in [6.45, 7) is 1.79. The maximum absolute atomic E-state index is 11.7. The zero-order valence-corrected chi connectivity index (χ0v) is 12.3. The van der Waals surface area contributed by atoms with Crippen molar-refractivity contribution in [1.82, 2.24) is 0 Å². The van der Waals surface area contributed by atoms with Crippen LogP contribution in [0.3, 0.4) is 0 Å². The summed E-state index contributed by atoms with van der Waals surface area (Å²) in [4.78, 5) is 21.0. The van der Waals surface area contributed by atoms with Crippen LogP contribution in [-0.2, 0) is 20.3 Å². The van der Waals surface area contributed by atoms with E-state index in [1.807, 2.05) is 18.2 Å². The second-order valence-electron chi connectivity index (χ2n) is 4.72. The largest absolute Gasteiger partial charge is 0.335 e. The van der Waals surface area contributed by atoms with E-state index >= 15 is 0 Å². The minimum atomic E-state index is -3.72. The highest BCUT2D eigenvalue weighted by Gasteiger charge is 2.25. The molecule has 0 spiro atoms. The van der Waals surface area contributed by atoms with E-state index < -0.39 is 13.8 Å². The predicted molar refractivity (Wildman–Crippen MR) is 75.3 cm³/mol. The number of carbonyl (C=O) groups excluding carboxylic acids is 1. The van der Waals surface area contributed by atoms with Crippen LogP contribution in [-0.4, -0.2) is 23.9 Å².